The lowest BCUT2D eigenvalue weighted by atomic mass is 10.1. The van der Waals surface area contributed by atoms with Gasteiger partial charge in [0.15, 0.2) is 0 Å². The van der Waals surface area contributed by atoms with E-state index in [0.717, 1.165) is 6.26 Å². The average Bonchev–Trinajstić information content (AvgIpc) is 2.19. The second kappa shape index (κ2) is 5.68. The van der Waals surface area contributed by atoms with Gasteiger partial charge in [-0.2, -0.15) is 0 Å². The van der Waals surface area contributed by atoms with Crippen LogP contribution in [0.4, 0.5) is 5.69 Å². The maximum Gasteiger partial charge on any atom is 0.229 e. The molecule has 0 heterocycles. The van der Waals surface area contributed by atoms with Crippen LogP contribution in [-0.4, -0.2) is 33.4 Å². The number of benzene rings is 1. The van der Waals surface area contributed by atoms with E-state index in [0.29, 0.717) is 22.8 Å². The minimum absolute atomic E-state index is 0.335. The van der Waals surface area contributed by atoms with E-state index in [9.17, 15) is 13.5 Å². The summed E-state index contributed by atoms with van der Waals surface area (Å²) in [7, 11) is -1.63. The third-order valence-electron chi connectivity index (χ3n) is 2.06. The fourth-order valence-corrected chi connectivity index (χ4v) is 2.18. The number of hydrogen-bond acceptors (Lipinski definition) is 4. The zero-order valence-corrected chi connectivity index (χ0v) is 11.1. The van der Waals surface area contributed by atoms with E-state index in [2.05, 4.69) is 10.0 Å². The number of likely N-dealkylation sites (N-methyl/N-ethyl adjacent to an activating group) is 1. The molecule has 1 rings (SSSR count). The number of anilines is 1. The second-order valence-electron chi connectivity index (χ2n) is 3.68. The van der Waals surface area contributed by atoms with Crippen molar-refractivity contribution >= 4 is 27.3 Å². The third kappa shape index (κ3) is 4.51. The summed E-state index contributed by atoms with van der Waals surface area (Å²) in [6.45, 7) is 0.335. The van der Waals surface area contributed by atoms with Crippen LogP contribution in [0.15, 0.2) is 18.2 Å². The standard InChI is InChI=1S/C10H15ClN2O3S/c1-12-6-10(14)8-5-7(3-4-9(8)11)13-17(2,15)16/h3-5,10,12-14H,6H2,1-2H3. The molecule has 0 aromatic heterocycles. The lowest BCUT2D eigenvalue weighted by molar-refractivity contribution is 0.178. The molecule has 7 heteroatoms. The lowest BCUT2D eigenvalue weighted by Crippen LogP contribution is -2.17. The smallest absolute Gasteiger partial charge is 0.229 e. The summed E-state index contributed by atoms with van der Waals surface area (Å²) < 4.78 is 24.5. The van der Waals surface area contributed by atoms with Crippen molar-refractivity contribution in [2.75, 3.05) is 24.6 Å². The first-order chi connectivity index (χ1) is 7.83. The minimum atomic E-state index is -3.34. The highest BCUT2D eigenvalue weighted by atomic mass is 35.5. The Balaban J connectivity index is 3.02. The molecule has 0 radical (unpaired) electrons. The Hall–Kier alpha value is -0.820. The normalized spacial score (nSPS) is 13.4. The van der Waals surface area contributed by atoms with Crippen LogP contribution in [0.1, 0.15) is 11.7 Å². The molecule has 3 N–H and O–H groups in total. The minimum Gasteiger partial charge on any atom is -0.387 e. The summed E-state index contributed by atoms with van der Waals surface area (Å²) in [6.07, 6.45) is 0.277. The van der Waals surface area contributed by atoms with Crippen molar-refractivity contribution in [3.05, 3.63) is 28.8 Å². The topological polar surface area (TPSA) is 78.4 Å². The molecule has 1 atom stereocenters. The van der Waals surface area contributed by atoms with Crippen LogP contribution in [-0.2, 0) is 10.0 Å². The molecule has 1 aromatic rings. The van der Waals surface area contributed by atoms with E-state index in [4.69, 9.17) is 11.6 Å². The lowest BCUT2D eigenvalue weighted by Gasteiger charge is -2.14. The molecule has 5 nitrogen and oxygen atoms in total. The number of halogens is 1. The number of nitrogens with one attached hydrogen (secondary N) is 2. The van der Waals surface area contributed by atoms with Gasteiger partial charge in [-0.15, -0.1) is 0 Å². The van der Waals surface area contributed by atoms with Crippen LogP contribution >= 0.6 is 11.6 Å². The SMILES string of the molecule is CNCC(O)c1cc(NS(C)(=O)=O)ccc1Cl. The van der Waals surface area contributed by atoms with Crippen molar-refractivity contribution in [2.45, 2.75) is 6.10 Å². The van der Waals surface area contributed by atoms with Crippen molar-refractivity contribution < 1.29 is 13.5 Å². The number of rotatable bonds is 5. The van der Waals surface area contributed by atoms with Gasteiger partial charge in [0.1, 0.15) is 0 Å². The molecule has 0 spiro atoms. The van der Waals surface area contributed by atoms with Crippen LogP contribution in [0.2, 0.25) is 5.02 Å². The molecular weight excluding hydrogens is 264 g/mol. The molecular formula is C10H15ClN2O3S. The molecule has 0 aliphatic carbocycles. The highest BCUT2D eigenvalue weighted by Crippen LogP contribution is 2.26. The molecule has 17 heavy (non-hydrogen) atoms. The van der Waals surface area contributed by atoms with Gasteiger partial charge in [0.25, 0.3) is 0 Å². The van der Waals surface area contributed by atoms with Crippen molar-refractivity contribution in [2.24, 2.45) is 0 Å². The van der Waals surface area contributed by atoms with Gasteiger partial charge >= 0.3 is 0 Å². The van der Waals surface area contributed by atoms with Gasteiger partial charge in [-0.25, -0.2) is 8.42 Å². The van der Waals surface area contributed by atoms with Crippen LogP contribution < -0.4 is 10.0 Å². The van der Waals surface area contributed by atoms with E-state index in [1.807, 2.05) is 0 Å². The number of aliphatic hydroxyl groups is 1. The van der Waals surface area contributed by atoms with Crippen molar-refractivity contribution in [3.63, 3.8) is 0 Å². The molecule has 0 aliphatic heterocycles. The van der Waals surface area contributed by atoms with Gasteiger partial charge < -0.3 is 10.4 Å². The van der Waals surface area contributed by atoms with Gasteiger partial charge in [-0.1, -0.05) is 11.6 Å². The van der Waals surface area contributed by atoms with Gasteiger partial charge in [0, 0.05) is 22.8 Å². The van der Waals surface area contributed by atoms with Crippen molar-refractivity contribution in [3.8, 4) is 0 Å². The molecule has 0 bridgehead atoms. The maximum absolute atomic E-state index is 11.1. The zero-order chi connectivity index (χ0) is 13.1. The summed E-state index contributed by atoms with van der Waals surface area (Å²) in [5.74, 6) is 0. The predicted octanol–water partition coefficient (Wildman–Crippen LogP) is 0.964. The van der Waals surface area contributed by atoms with Gasteiger partial charge in [0.2, 0.25) is 10.0 Å². The summed E-state index contributed by atoms with van der Waals surface area (Å²) >= 11 is 5.93. The van der Waals surface area contributed by atoms with E-state index >= 15 is 0 Å². The summed E-state index contributed by atoms with van der Waals surface area (Å²) in [4.78, 5) is 0. The van der Waals surface area contributed by atoms with Gasteiger partial charge in [-0.3, -0.25) is 4.72 Å². The molecule has 0 amide bonds. The van der Waals surface area contributed by atoms with E-state index in [-0.39, 0.29) is 0 Å². The van der Waals surface area contributed by atoms with Crippen molar-refractivity contribution in [1.29, 1.82) is 0 Å². The largest absolute Gasteiger partial charge is 0.387 e. The second-order valence-corrected chi connectivity index (χ2v) is 5.84. The monoisotopic (exact) mass is 278 g/mol. The van der Waals surface area contributed by atoms with Crippen molar-refractivity contribution in [1.82, 2.24) is 5.32 Å². The van der Waals surface area contributed by atoms with Crippen LogP contribution in [0.25, 0.3) is 0 Å². The van der Waals surface area contributed by atoms with E-state index in [1.54, 1.807) is 19.2 Å². The molecule has 0 saturated heterocycles. The molecule has 0 saturated carbocycles. The van der Waals surface area contributed by atoms with E-state index < -0.39 is 16.1 Å². The zero-order valence-electron chi connectivity index (χ0n) is 9.57. The summed E-state index contributed by atoms with van der Waals surface area (Å²) in [5.41, 5.74) is 0.858. The Morgan fingerprint density at radius 3 is 2.65 bits per heavy atom. The molecule has 96 valence electrons. The Morgan fingerprint density at radius 1 is 1.47 bits per heavy atom. The highest BCUT2D eigenvalue weighted by Gasteiger charge is 2.12. The molecule has 0 aliphatic rings. The highest BCUT2D eigenvalue weighted by molar-refractivity contribution is 7.92. The molecule has 1 aromatic carbocycles. The molecule has 0 fully saturated rings. The number of hydrogen-bond donors (Lipinski definition) is 3. The predicted molar refractivity (Wildman–Crippen MR) is 68.8 cm³/mol. The first kappa shape index (κ1) is 14.2. The Bertz CT molecular complexity index is 490. The fraction of sp³-hybridized carbons (Fsp3) is 0.400. The summed E-state index contributed by atoms with van der Waals surface area (Å²) in [5, 5.41) is 13.0. The van der Waals surface area contributed by atoms with E-state index in [1.165, 1.54) is 6.07 Å². The molecule has 1 unspecified atom stereocenters. The van der Waals surface area contributed by atoms with Gasteiger partial charge in [-0.05, 0) is 25.2 Å². The third-order valence-corrected chi connectivity index (χ3v) is 3.01. The number of sulfonamides is 1. The average molecular weight is 279 g/mol. The first-order valence-corrected chi connectivity index (χ1v) is 7.20. The van der Waals surface area contributed by atoms with Crippen LogP contribution in [0.5, 0.6) is 0 Å². The van der Waals surface area contributed by atoms with Crippen LogP contribution in [0, 0.1) is 0 Å². The van der Waals surface area contributed by atoms with Gasteiger partial charge in [0.05, 0.1) is 12.4 Å². The Kier molecular flexibility index (Phi) is 4.76. The number of aliphatic hydroxyl groups excluding tert-OH is 1. The quantitative estimate of drug-likeness (QED) is 0.750. The first-order valence-electron chi connectivity index (χ1n) is 4.93. The Labute approximate surface area is 106 Å². The van der Waals surface area contributed by atoms with Crippen LogP contribution in [0.3, 0.4) is 0 Å². The Morgan fingerprint density at radius 2 is 2.12 bits per heavy atom. The maximum atomic E-state index is 11.1. The summed E-state index contributed by atoms with van der Waals surface area (Å²) in [6, 6.07) is 4.60. The fourth-order valence-electron chi connectivity index (χ4n) is 1.38.